The van der Waals surface area contributed by atoms with Gasteiger partial charge in [-0.15, -0.1) is 0 Å². The molecule has 98 valence electrons. The summed E-state index contributed by atoms with van der Waals surface area (Å²) >= 11 is 6.00. The van der Waals surface area contributed by atoms with Crippen molar-refractivity contribution in [2.45, 2.75) is 0 Å². The lowest BCUT2D eigenvalue weighted by atomic mass is 10.1. The Morgan fingerprint density at radius 3 is 2.40 bits per heavy atom. The third-order valence-corrected chi connectivity index (χ3v) is 3.38. The monoisotopic (exact) mass is 282 g/mol. The summed E-state index contributed by atoms with van der Waals surface area (Å²) in [6.45, 7) is 0. The maximum absolute atomic E-state index is 12.2. The highest BCUT2D eigenvalue weighted by molar-refractivity contribution is 6.33. The minimum absolute atomic E-state index is 0.363. The van der Waals surface area contributed by atoms with Crippen LogP contribution in [0.25, 0.3) is 10.8 Å². The fourth-order valence-electron chi connectivity index (χ4n) is 2.07. The third kappa shape index (κ3) is 2.38. The first-order valence-corrected chi connectivity index (χ1v) is 6.58. The summed E-state index contributed by atoms with van der Waals surface area (Å²) in [6.07, 6.45) is 0. The number of rotatable bonds is 2. The van der Waals surface area contributed by atoms with Crippen molar-refractivity contribution in [3.63, 3.8) is 0 Å². The quantitative estimate of drug-likeness (QED) is 0.502. The van der Waals surface area contributed by atoms with Crippen LogP contribution in [0.5, 0.6) is 5.75 Å². The predicted molar refractivity (Wildman–Crippen MR) is 80.4 cm³/mol. The van der Waals surface area contributed by atoms with Crippen molar-refractivity contribution >= 4 is 28.3 Å². The Bertz CT molecular complexity index is 775. The fourth-order valence-corrected chi connectivity index (χ4v) is 2.28. The Kier molecular flexibility index (Phi) is 3.40. The molecular weight excluding hydrogens is 272 g/mol. The number of benzene rings is 3. The SMILES string of the molecule is O=C(Oc1cccc2ccccc12)c1ccccc1Cl. The van der Waals surface area contributed by atoms with Crippen molar-refractivity contribution < 1.29 is 9.53 Å². The molecule has 0 fully saturated rings. The van der Waals surface area contributed by atoms with E-state index in [4.69, 9.17) is 16.3 Å². The number of carbonyl (C=O) groups is 1. The Morgan fingerprint density at radius 2 is 1.55 bits per heavy atom. The molecule has 0 aliphatic carbocycles. The lowest BCUT2D eigenvalue weighted by Crippen LogP contribution is -2.09. The third-order valence-electron chi connectivity index (χ3n) is 3.05. The van der Waals surface area contributed by atoms with E-state index < -0.39 is 5.97 Å². The predicted octanol–water partition coefficient (Wildman–Crippen LogP) is 4.71. The Morgan fingerprint density at radius 1 is 0.850 bits per heavy atom. The van der Waals surface area contributed by atoms with Gasteiger partial charge in [0.15, 0.2) is 0 Å². The van der Waals surface area contributed by atoms with Crippen molar-refractivity contribution in [3.8, 4) is 5.75 Å². The van der Waals surface area contributed by atoms with Crippen LogP contribution in [0.4, 0.5) is 0 Å². The molecule has 3 heteroatoms. The Balaban J connectivity index is 1.98. The molecule has 0 spiro atoms. The van der Waals surface area contributed by atoms with Crippen LogP contribution in [0.1, 0.15) is 10.4 Å². The minimum Gasteiger partial charge on any atom is -0.422 e. The normalized spacial score (nSPS) is 10.4. The van der Waals surface area contributed by atoms with Crippen LogP contribution in [-0.2, 0) is 0 Å². The molecule has 0 N–H and O–H groups in total. The lowest BCUT2D eigenvalue weighted by molar-refractivity contribution is 0.0737. The number of ether oxygens (including phenoxy) is 1. The van der Waals surface area contributed by atoms with E-state index in [1.165, 1.54) is 0 Å². The zero-order chi connectivity index (χ0) is 13.9. The molecule has 2 nitrogen and oxygen atoms in total. The van der Waals surface area contributed by atoms with Gasteiger partial charge >= 0.3 is 5.97 Å². The second-order valence-corrected chi connectivity index (χ2v) is 4.75. The van der Waals surface area contributed by atoms with Gasteiger partial charge in [0.05, 0.1) is 10.6 Å². The zero-order valence-electron chi connectivity index (χ0n) is 10.5. The molecule has 0 saturated heterocycles. The number of carbonyl (C=O) groups excluding carboxylic acids is 1. The van der Waals surface area contributed by atoms with Gasteiger partial charge in [0.1, 0.15) is 5.75 Å². The van der Waals surface area contributed by atoms with E-state index in [1.807, 2.05) is 36.4 Å². The van der Waals surface area contributed by atoms with Crippen LogP contribution in [0, 0.1) is 0 Å². The molecule has 0 heterocycles. The standard InChI is InChI=1S/C17H11ClO2/c18-15-10-4-3-9-14(15)17(19)20-16-11-5-7-12-6-1-2-8-13(12)16/h1-11H. The van der Waals surface area contributed by atoms with Gasteiger partial charge in [0, 0.05) is 5.39 Å². The minimum atomic E-state index is -0.452. The zero-order valence-corrected chi connectivity index (χ0v) is 11.3. The lowest BCUT2D eigenvalue weighted by Gasteiger charge is -2.08. The summed E-state index contributed by atoms with van der Waals surface area (Å²) in [7, 11) is 0. The highest BCUT2D eigenvalue weighted by Crippen LogP contribution is 2.26. The van der Waals surface area contributed by atoms with E-state index in [0.717, 1.165) is 10.8 Å². The summed E-state index contributed by atoms with van der Waals surface area (Å²) in [4.78, 5) is 12.2. The van der Waals surface area contributed by atoms with Gasteiger partial charge in [0.2, 0.25) is 0 Å². The molecule has 0 aliphatic rings. The highest BCUT2D eigenvalue weighted by Gasteiger charge is 2.13. The molecule has 0 atom stereocenters. The van der Waals surface area contributed by atoms with Crippen molar-refractivity contribution in [1.82, 2.24) is 0 Å². The van der Waals surface area contributed by atoms with Crippen LogP contribution < -0.4 is 4.74 Å². The van der Waals surface area contributed by atoms with E-state index in [9.17, 15) is 4.79 Å². The molecule has 0 saturated carbocycles. The largest absolute Gasteiger partial charge is 0.422 e. The second kappa shape index (κ2) is 5.35. The van der Waals surface area contributed by atoms with Gasteiger partial charge in [-0.1, -0.05) is 60.1 Å². The van der Waals surface area contributed by atoms with Gasteiger partial charge in [-0.2, -0.15) is 0 Å². The summed E-state index contributed by atoms with van der Waals surface area (Å²) in [5.74, 6) is 0.0833. The Hall–Kier alpha value is -2.32. The van der Waals surface area contributed by atoms with Crippen molar-refractivity contribution in [1.29, 1.82) is 0 Å². The molecule has 3 aromatic rings. The molecule has 0 aliphatic heterocycles. The molecule has 3 aromatic carbocycles. The summed E-state index contributed by atoms with van der Waals surface area (Å²) < 4.78 is 5.47. The molecule has 3 rings (SSSR count). The first-order valence-electron chi connectivity index (χ1n) is 6.20. The van der Waals surface area contributed by atoms with Gasteiger partial charge in [-0.25, -0.2) is 4.79 Å². The maximum atomic E-state index is 12.2. The fraction of sp³-hybridized carbons (Fsp3) is 0. The van der Waals surface area contributed by atoms with Gasteiger partial charge in [-0.05, 0) is 23.6 Å². The maximum Gasteiger partial charge on any atom is 0.345 e. The molecule has 20 heavy (non-hydrogen) atoms. The Labute approximate surface area is 121 Å². The summed E-state index contributed by atoms with van der Waals surface area (Å²) in [5.41, 5.74) is 0.363. The first kappa shape index (κ1) is 12.7. The molecule has 0 radical (unpaired) electrons. The first-order chi connectivity index (χ1) is 9.75. The summed E-state index contributed by atoms with van der Waals surface area (Å²) in [5, 5.41) is 2.31. The number of hydrogen-bond donors (Lipinski definition) is 0. The molecule has 0 bridgehead atoms. The van der Waals surface area contributed by atoms with E-state index in [2.05, 4.69) is 0 Å². The number of fused-ring (bicyclic) bond motifs is 1. The van der Waals surface area contributed by atoms with E-state index in [-0.39, 0.29) is 0 Å². The van der Waals surface area contributed by atoms with E-state index >= 15 is 0 Å². The number of esters is 1. The van der Waals surface area contributed by atoms with Gasteiger partial charge < -0.3 is 4.74 Å². The van der Waals surface area contributed by atoms with Gasteiger partial charge in [-0.3, -0.25) is 0 Å². The summed E-state index contributed by atoms with van der Waals surface area (Å²) in [6, 6.07) is 20.2. The smallest absolute Gasteiger partial charge is 0.345 e. The topological polar surface area (TPSA) is 26.3 Å². The second-order valence-electron chi connectivity index (χ2n) is 4.35. The van der Waals surface area contributed by atoms with Crippen LogP contribution >= 0.6 is 11.6 Å². The van der Waals surface area contributed by atoms with Gasteiger partial charge in [0.25, 0.3) is 0 Å². The van der Waals surface area contributed by atoms with Crippen molar-refractivity contribution in [3.05, 3.63) is 77.3 Å². The number of hydrogen-bond acceptors (Lipinski definition) is 2. The van der Waals surface area contributed by atoms with E-state index in [0.29, 0.717) is 16.3 Å². The number of halogens is 1. The highest BCUT2D eigenvalue weighted by atomic mass is 35.5. The average molecular weight is 283 g/mol. The molecule has 0 amide bonds. The van der Waals surface area contributed by atoms with E-state index in [1.54, 1.807) is 30.3 Å². The van der Waals surface area contributed by atoms with Crippen LogP contribution in [0.3, 0.4) is 0 Å². The van der Waals surface area contributed by atoms with Crippen molar-refractivity contribution in [2.75, 3.05) is 0 Å². The molecule has 0 unspecified atom stereocenters. The average Bonchev–Trinajstić information content (AvgIpc) is 2.48. The van der Waals surface area contributed by atoms with Crippen LogP contribution in [-0.4, -0.2) is 5.97 Å². The molecular formula is C17H11ClO2. The van der Waals surface area contributed by atoms with Crippen molar-refractivity contribution in [2.24, 2.45) is 0 Å². The molecule has 0 aromatic heterocycles. The van der Waals surface area contributed by atoms with Crippen LogP contribution in [0.15, 0.2) is 66.7 Å². The van der Waals surface area contributed by atoms with Crippen LogP contribution in [0.2, 0.25) is 5.02 Å².